The summed E-state index contributed by atoms with van der Waals surface area (Å²) < 4.78 is 5.33. The Labute approximate surface area is 86.3 Å². The van der Waals surface area contributed by atoms with E-state index in [0.717, 1.165) is 12.8 Å². The number of carbonyl (C=O) groups is 1. The van der Waals surface area contributed by atoms with Crippen LogP contribution >= 0.6 is 0 Å². The maximum atomic E-state index is 11.7. The summed E-state index contributed by atoms with van der Waals surface area (Å²) >= 11 is 0. The number of ether oxygens (including phenoxy) is 1. The SMILES string of the molecule is CC(C(=O)OC(C)(C)C)C1=CCCC1. The van der Waals surface area contributed by atoms with Gasteiger partial charge in [-0.3, -0.25) is 4.79 Å². The van der Waals surface area contributed by atoms with E-state index in [2.05, 4.69) is 6.08 Å². The Kier molecular flexibility index (Phi) is 3.35. The molecule has 0 aromatic rings. The molecule has 0 aromatic carbocycles. The minimum Gasteiger partial charge on any atom is -0.460 e. The van der Waals surface area contributed by atoms with Crippen LogP contribution in [0.5, 0.6) is 0 Å². The third-order valence-electron chi connectivity index (χ3n) is 2.39. The van der Waals surface area contributed by atoms with E-state index in [1.807, 2.05) is 27.7 Å². The molecule has 1 aliphatic rings. The Morgan fingerprint density at radius 3 is 2.57 bits per heavy atom. The van der Waals surface area contributed by atoms with E-state index in [0.29, 0.717) is 0 Å². The summed E-state index contributed by atoms with van der Waals surface area (Å²) in [6.07, 6.45) is 5.53. The van der Waals surface area contributed by atoms with Crippen molar-refractivity contribution in [1.82, 2.24) is 0 Å². The van der Waals surface area contributed by atoms with Gasteiger partial charge < -0.3 is 4.74 Å². The number of hydrogen-bond acceptors (Lipinski definition) is 2. The van der Waals surface area contributed by atoms with Crippen molar-refractivity contribution in [1.29, 1.82) is 0 Å². The number of hydrogen-bond donors (Lipinski definition) is 0. The molecule has 1 aliphatic carbocycles. The van der Waals surface area contributed by atoms with Crippen molar-refractivity contribution in [2.24, 2.45) is 5.92 Å². The second kappa shape index (κ2) is 4.16. The van der Waals surface area contributed by atoms with Gasteiger partial charge in [0.25, 0.3) is 0 Å². The highest BCUT2D eigenvalue weighted by Gasteiger charge is 2.25. The van der Waals surface area contributed by atoms with E-state index in [1.165, 1.54) is 12.0 Å². The summed E-state index contributed by atoms with van der Waals surface area (Å²) in [6.45, 7) is 7.65. The lowest BCUT2D eigenvalue weighted by Gasteiger charge is -2.22. The molecule has 1 unspecified atom stereocenters. The lowest BCUT2D eigenvalue weighted by atomic mass is 10.0. The topological polar surface area (TPSA) is 26.3 Å². The molecule has 0 spiro atoms. The number of rotatable bonds is 2. The second-order valence-corrected chi connectivity index (χ2v) is 4.93. The molecular weight excluding hydrogens is 176 g/mol. The molecule has 0 radical (unpaired) electrons. The zero-order valence-corrected chi connectivity index (χ0v) is 9.59. The molecule has 0 aromatic heterocycles. The third-order valence-corrected chi connectivity index (χ3v) is 2.39. The van der Waals surface area contributed by atoms with Crippen molar-refractivity contribution >= 4 is 5.97 Å². The number of carbonyl (C=O) groups excluding carboxylic acids is 1. The van der Waals surface area contributed by atoms with Crippen LogP contribution in [0.25, 0.3) is 0 Å². The summed E-state index contributed by atoms with van der Waals surface area (Å²) in [5, 5.41) is 0. The van der Waals surface area contributed by atoms with Crippen LogP contribution in [0.2, 0.25) is 0 Å². The molecule has 0 fully saturated rings. The van der Waals surface area contributed by atoms with Gasteiger partial charge in [0.1, 0.15) is 5.60 Å². The Bertz CT molecular complexity index is 246. The molecule has 14 heavy (non-hydrogen) atoms. The van der Waals surface area contributed by atoms with Gasteiger partial charge in [0.05, 0.1) is 5.92 Å². The van der Waals surface area contributed by atoms with Crippen LogP contribution in [0, 0.1) is 5.92 Å². The highest BCUT2D eigenvalue weighted by atomic mass is 16.6. The van der Waals surface area contributed by atoms with Gasteiger partial charge in [-0.2, -0.15) is 0 Å². The van der Waals surface area contributed by atoms with Gasteiger partial charge >= 0.3 is 5.97 Å². The standard InChI is InChI=1S/C12H20O2/c1-9(10-7-5-6-8-10)11(13)14-12(2,3)4/h7,9H,5-6,8H2,1-4H3. The van der Waals surface area contributed by atoms with Gasteiger partial charge in [0.15, 0.2) is 0 Å². The fraction of sp³-hybridized carbons (Fsp3) is 0.750. The van der Waals surface area contributed by atoms with Crippen LogP contribution < -0.4 is 0 Å². The van der Waals surface area contributed by atoms with Crippen LogP contribution in [0.1, 0.15) is 47.0 Å². The van der Waals surface area contributed by atoms with Gasteiger partial charge in [-0.1, -0.05) is 11.6 Å². The fourth-order valence-electron chi connectivity index (χ4n) is 1.63. The summed E-state index contributed by atoms with van der Waals surface area (Å²) in [5.74, 6) is -0.151. The molecule has 1 atom stereocenters. The molecule has 0 amide bonds. The van der Waals surface area contributed by atoms with Gasteiger partial charge in [-0.05, 0) is 47.0 Å². The third kappa shape index (κ3) is 3.17. The lowest BCUT2D eigenvalue weighted by molar-refractivity contribution is -0.158. The molecule has 2 nitrogen and oxygen atoms in total. The zero-order valence-electron chi connectivity index (χ0n) is 9.59. The molecule has 0 bridgehead atoms. The number of allylic oxidation sites excluding steroid dienone is 1. The average Bonchev–Trinajstić information content (AvgIpc) is 2.51. The van der Waals surface area contributed by atoms with Gasteiger partial charge in [0, 0.05) is 0 Å². The summed E-state index contributed by atoms with van der Waals surface area (Å²) in [4.78, 5) is 11.7. The smallest absolute Gasteiger partial charge is 0.313 e. The van der Waals surface area contributed by atoms with Crippen LogP contribution in [-0.4, -0.2) is 11.6 Å². The van der Waals surface area contributed by atoms with E-state index in [4.69, 9.17) is 4.74 Å². The monoisotopic (exact) mass is 196 g/mol. The van der Waals surface area contributed by atoms with Crippen molar-refractivity contribution in [3.8, 4) is 0 Å². The minimum absolute atomic E-state index is 0.0586. The fourth-order valence-corrected chi connectivity index (χ4v) is 1.63. The predicted octanol–water partition coefficient (Wildman–Crippen LogP) is 3.07. The largest absolute Gasteiger partial charge is 0.460 e. The first-order chi connectivity index (χ1) is 6.40. The summed E-state index contributed by atoms with van der Waals surface area (Å²) in [6, 6.07) is 0. The molecule has 80 valence electrons. The van der Waals surface area contributed by atoms with Crippen molar-refractivity contribution in [2.75, 3.05) is 0 Å². The van der Waals surface area contributed by atoms with Gasteiger partial charge in [-0.25, -0.2) is 0 Å². The normalized spacial score (nSPS) is 19.0. The highest BCUT2D eigenvalue weighted by Crippen LogP contribution is 2.26. The first-order valence-electron chi connectivity index (χ1n) is 5.32. The molecule has 0 N–H and O–H groups in total. The van der Waals surface area contributed by atoms with Crippen molar-refractivity contribution in [3.05, 3.63) is 11.6 Å². The molecule has 0 heterocycles. The lowest BCUT2D eigenvalue weighted by Crippen LogP contribution is -2.28. The average molecular weight is 196 g/mol. The van der Waals surface area contributed by atoms with E-state index in [9.17, 15) is 4.79 Å². The Morgan fingerprint density at radius 1 is 1.50 bits per heavy atom. The van der Waals surface area contributed by atoms with Crippen molar-refractivity contribution in [2.45, 2.75) is 52.6 Å². The molecule has 0 saturated heterocycles. The Hall–Kier alpha value is -0.790. The first-order valence-corrected chi connectivity index (χ1v) is 5.32. The highest BCUT2D eigenvalue weighted by molar-refractivity contribution is 5.75. The quantitative estimate of drug-likeness (QED) is 0.501. The van der Waals surface area contributed by atoms with Crippen LogP contribution in [0.15, 0.2) is 11.6 Å². The van der Waals surface area contributed by atoms with Crippen molar-refractivity contribution < 1.29 is 9.53 Å². The Morgan fingerprint density at radius 2 is 2.14 bits per heavy atom. The molecule has 0 aliphatic heterocycles. The van der Waals surface area contributed by atoms with E-state index >= 15 is 0 Å². The molecule has 0 saturated carbocycles. The molecular formula is C12H20O2. The van der Waals surface area contributed by atoms with E-state index in [-0.39, 0.29) is 17.5 Å². The van der Waals surface area contributed by atoms with Gasteiger partial charge in [-0.15, -0.1) is 0 Å². The van der Waals surface area contributed by atoms with E-state index < -0.39 is 0 Å². The summed E-state index contributed by atoms with van der Waals surface area (Å²) in [5.41, 5.74) is 0.879. The maximum absolute atomic E-state index is 11.7. The van der Waals surface area contributed by atoms with Crippen molar-refractivity contribution in [3.63, 3.8) is 0 Å². The molecule has 1 rings (SSSR count). The Balaban J connectivity index is 2.52. The number of esters is 1. The van der Waals surface area contributed by atoms with Crippen LogP contribution in [0.4, 0.5) is 0 Å². The minimum atomic E-state index is -0.371. The predicted molar refractivity (Wildman–Crippen MR) is 56.9 cm³/mol. The zero-order chi connectivity index (χ0) is 10.8. The summed E-state index contributed by atoms with van der Waals surface area (Å²) in [7, 11) is 0. The van der Waals surface area contributed by atoms with Crippen LogP contribution in [-0.2, 0) is 9.53 Å². The molecule has 2 heteroatoms. The second-order valence-electron chi connectivity index (χ2n) is 4.93. The van der Waals surface area contributed by atoms with E-state index in [1.54, 1.807) is 0 Å². The van der Waals surface area contributed by atoms with Gasteiger partial charge in [0.2, 0.25) is 0 Å². The first kappa shape index (κ1) is 11.3. The maximum Gasteiger partial charge on any atom is 0.313 e. The van der Waals surface area contributed by atoms with Crippen LogP contribution in [0.3, 0.4) is 0 Å².